The van der Waals surface area contributed by atoms with Crippen molar-refractivity contribution in [1.29, 1.82) is 0 Å². The zero-order chi connectivity index (χ0) is 12.5. The molecule has 0 atom stereocenters. The number of aromatic amines is 1. The summed E-state index contributed by atoms with van der Waals surface area (Å²) in [5.41, 5.74) is 1.76. The van der Waals surface area contributed by atoms with Gasteiger partial charge in [-0.3, -0.25) is 4.79 Å². The number of rotatable bonds is 3. The molecule has 1 N–H and O–H groups in total. The van der Waals surface area contributed by atoms with E-state index in [2.05, 4.69) is 20.1 Å². The number of hydrogen-bond acceptors (Lipinski definition) is 6. The van der Waals surface area contributed by atoms with E-state index < -0.39 is 0 Å². The first-order chi connectivity index (χ1) is 8.72. The third-order valence-corrected chi connectivity index (χ3v) is 3.68. The number of fused-ring (bicyclic) bond motifs is 1. The number of H-pyrrole nitrogens is 1. The molecular formula is C11H12N4O2S. The molecule has 2 aromatic heterocycles. The molecule has 0 aliphatic heterocycles. The number of nitrogens with one attached hydrogen (secondary N) is 1. The van der Waals surface area contributed by atoms with Gasteiger partial charge in [-0.2, -0.15) is 4.98 Å². The molecule has 0 unspecified atom stereocenters. The van der Waals surface area contributed by atoms with Gasteiger partial charge in [0.2, 0.25) is 5.89 Å². The first kappa shape index (κ1) is 11.5. The van der Waals surface area contributed by atoms with Crippen molar-refractivity contribution in [2.24, 2.45) is 0 Å². The molecule has 3 rings (SSSR count). The number of aryl methyl sites for hydroxylation is 2. The highest BCUT2D eigenvalue weighted by atomic mass is 32.2. The van der Waals surface area contributed by atoms with E-state index in [9.17, 15) is 4.79 Å². The van der Waals surface area contributed by atoms with Crippen LogP contribution in [0.1, 0.15) is 29.4 Å². The van der Waals surface area contributed by atoms with E-state index >= 15 is 0 Å². The molecule has 0 amide bonds. The maximum atomic E-state index is 11.8. The summed E-state index contributed by atoms with van der Waals surface area (Å²) in [7, 11) is 0. The summed E-state index contributed by atoms with van der Waals surface area (Å²) < 4.78 is 5.01. The van der Waals surface area contributed by atoms with Gasteiger partial charge in [0, 0.05) is 5.56 Å². The Morgan fingerprint density at radius 2 is 2.28 bits per heavy atom. The SMILES string of the molecule is Cc1noc(CSc2nc3c(c(=O)[nH]2)CCC3)n1. The highest BCUT2D eigenvalue weighted by Gasteiger charge is 2.17. The molecule has 0 bridgehead atoms. The second-order valence-corrected chi connectivity index (χ2v) is 5.14. The monoisotopic (exact) mass is 264 g/mol. The van der Waals surface area contributed by atoms with Crippen LogP contribution in [0.25, 0.3) is 0 Å². The van der Waals surface area contributed by atoms with Gasteiger partial charge in [0.25, 0.3) is 5.56 Å². The van der Waals surface area contributed by atoms with Crippen LogP contribution < -0.4 is 5.56 Å². The average Bonchev–Trinajstić information content (AvgIpc) is 2.95. The van der Waals surface area contributed by atoms with Crippen LogP contribution in [0.3, 0.4) is 0 Å². The summed E-state index contributed by atoms with van der Waals surface area (Å²) in [6.45, 7) is 1.77. The van der Waals surface area contributed by atoms with Gasteiger partial charge in [-0.15, -0.1) is 0 Å². The quantitative estimate of drug-likeness (QED) is 0.663. The molecular weight excluding hydrogens is 252 g/mol. The van der Waals surface area contributed by atoms with Gasteiger partial charge in [-0.05, 0) is 26.2 Å². The van der Waals surface area contributed by atoms with Gasteiger partial charge in [0.1, 0.15) is 0 Å². The smallest absolute Gasteiger partial charge is 0.254 e. The third-order valence-electron chi connectivity index (χ3n) is 2.82. The Kier molecular flexibility index (Phi) is 2.91. The molecule has 0 spiro atoms. The Morgan fingerprint density at radius 3 is 3.06 bits per heavy atom. The van der Waals surface area contributed by atoms with Crippen molar-refractivity contribution in [3.8, 4) is 0 Å². The molecule has 18 heavy (non-hydrogen) atoms. The Bertz CT molecular complexity index is 634. The molecule has 0 radical (unpaired) electrons. The van der Waals surface area contributed by atoms with E-state index in [0.717, 1.165) is 30.5 Å². The maximum absolute atomic E-state index is 11.8. The standard InChI is InChI=1S/C11H12N4O2S/c1-6-12-9(17-15-6)5-18-11-13-8-4-2-3-7(8)10(16)14-11/h2-5H2,1H3,(H,13,14,16). The number of nitrogens with zero attached hydrogens (tertiary/aromatic N) is 3. The second-order valence-electron chi connectivity index (χ2n) is 4.17. The largest absolute Gasteiger partial charge is 0.338 e. The minimum Gasteiger partial charge on any atom is -0.338 e. The highest BCUT2D eigenvalue weighted by molar-refractivity contribution is 7.98. The zero-order valence-electron chi connectivity index (χ0n) is 9.89. The molecule has 7 heteroatoms. The van der Waals surface area contributed by atoms with Crippen molar-refractivity contribution < 1.29 is 4.52 Å². The van der Waals surface area contributed by atoms with Crippen LogP contribution in [0, 0.1) is 6.92 Å². The first-order valence-electron chi connectivity index (χ1n) is 5.76. The van der Waals surface area contributed by atoms with Crippen LogP contribution in [-0.4, -0.2) is 20.1 Å². The average molecular weight is 264 g/mol. The van der Waals surface area contributed by atoms with Gasteiger partial charge in [-0.25, -0.2) is 4.98 Å². The second kappa shape index (κ2) is 4.56. The lowest BCUT2D eigenvalue weighted by molar-refractivity contribution is 0.387. The van der Waals surface area contributed by atoms with Crippen LogP contribution >= 0.6 is 11.8 Å². The minimum atomic E-state index is -0.0123. The normalized spacial score (nSPS) is 13.8. The predicted molar refractivity (Wildman–Crippen MR) is 65.5 cm³/mol. The lowest BCUT2D eigenvalue weighted by Crippen LogP contribution is -2.14. The fourth-order valence-electron chi connectivity index (χ4n) is 2.02. The first-order valence-corrected chi connectivity index (χ1v) is 6.75. The van der Waals surface area contributed by atoms with Crippen molar-refractivity contribution in [3.05, 3.63) is 33.3 Å². The van der Waals surface area contributed by atoms with Crippen molar-refractivity contribution in [2.75, 3.05) is 0 Å². The molecule has 6 nitrogen and oxygen atoms in total. The van der Waals surface area contributed by atoms with E-state index in [4.69, 9.17) is 4.52 Å². The molecule has 1 aliphatic carbocycles. The third kappa shape index (κ3) is 2.17. The van der Waals surface area contributed by atoms with Crippen LogP contribution in [0.15, 0.2) is 14.5 Å². The molecule has 0 aromatic carbocycles. The maximum Gasteiger partial charge on any atom is 0.254 e. The number of aromatic nitrogens is 4. The Morgan fingerprint density at radius 1 is 1.39 bits per heavy atom. The van der Waals surface area contributed by atoms with Crippen LogP contribution in [0.5, 0.6) is 0 Å². The van der Waals surface area contributed by atoms with Crippen LogP contribution in [0.4, 0.5) is 0 Å². The molecule has 1 aliphatic rings. The van der Waals surface area contributed by atoms with Crippen LogP contribution in [-0.2, 0) is 18.6 Å². The molecule has 94 valence electrons. The van der Waals surface area contributed by atoms with Crippen molar-refractivity contribution in [1.82, 2.24) is 20.1 Å². The van der Waals surface area contributed by atoms with E-state index in [1.807, 2.05) is 0 Å². The van der Waals surface area contributed by atoms with Crippen molar-refractivity contribution in [2.45, 2.75) is 37.1 Å². The topological polar surface area (TPSA) is 84.7 Å². The van der Waals surface area contributed by atoms with Gasteiger partial charge in [-0.1, -0.05) is 16.9 Å². The lowest BCUT2D eigenvalue weighted by Gasteiger charge is -2.01. The van der Waals surface area contributed by atoms with E-state index in [1.54, 1.807) is 6.92 Å². The molecule has 2 heterocycles. The fourth-order valence-corrected chi connectivity index (χ4v) is 2.73. The molecule has 0 fully saturated rings. The van der Waals surface area contributed by atoms with E-state index in [1.165, 1.54) is 11.8 Å². The summed E-state index contributed by atoms with van der Waals surface area (Å²) >= 11 is 1.40. The summed E-state index contributed by atoms with van der Waals surface area (Å²) in [6.07, 6.45) is 2.75. The summed E-state index contributed by atoms with van der Waals surface area (Å²) in [5, 5.41) is 4.33. The van der Waals surface area contributed by atoms with Crippen LogP contribution in [0.2, 0.25) is 0 Å². The summed E-state index contributed by atoms with van der Waals surface area (Å²) in [5.74, 6) is 1.67. The fraction of sp³-hybridized carbons (Fsp3) is 0.455. The van der Waals surface area contributed by atoms with Gasteiger partial charge in [0.05, 0.1) is 11.4 Å². The summed E-state index contributed by atoms with van der Waals surface area (Å²) in [4.78, 5) is 23.1. The molecule has 2 aromatic rings. The Hall–Kier alpha value is -1.63. The predicted octanol–water partition coefficient (Wildman–Crippen LogP) is 1.24. The minimum absolute atomic E-state index is 0.0123. The van der Waals surface area contributed by atoms with Crippen molar-refractivity contribution >= 4 is 11.8 Å². The van der Waals surface area contributed by atoms with E-state index in [0.29, 0.717) is 22.6 Å². The van der Waals surface area contributed by atoms with Crippen molar-refractivity contribution in [3.63, 3.8) is 0 Å². The van der Waals surface area contributed by atoms with Gasteiger partial charge < -0.3 is 9.51 Å². The number of hydrogen-bond donors (Lipinski definition) is 1. The molecule has 0 saturated carbocycles. The summed E-state index contributed by atoms with van der Waals surface area (Å²) in [6, 6.07) is 0. The highest BCUT2D eigenvalue weighted by Crippen LogP contribution is 2.21. The Balaban J connectivity index is 1.77. The van der Waals surface area contributed by atoms with Gasteiger partial charge in [0.15, 0.2) is 11.0 Å². The lowest BCUT2D eigenvalue weighted by atomic mass is 10.3. The van der Waals surface area contributed by atoms with E-state index in [-0.39, 0.29) is 5.56 Å². The Labute approximate surface area is 107 Å². The zero-order valence-corrected chi connectivity index (χ0v) is 10.7. The number of thioether (sulfide) groups is 1. The van der Waals surface area contributed by atoms with Gasteiger partial charge >= 0.3 is 0 Å². The molecule has 0 saturated heterocycles.